The van der Waals surface area contributed by atoms with Gasteiger partial charge in [-0.3, -0.25) is 4.79 Å². The van der Waals surface area contributed by atoms with Gasteiger partial charge in [-0.15, -0.1) is 0 Å². The number of thioether (sulfide) groups is 1. The van der Waals surface area contributed by atoms with Gasteiger partial charge in [0.1, 0.15) is 4.32 Å². The maximum absolute atomic E-state index is 11.9. The SMILES string of the molecule is Cc1cc(/C=C2\SC(=S)NC2=O)c(C)n1-c1ccc(N2CCOCC2)cc1. The van der Waals surface area contributed by atoms with Crippen LogP contribution in [0.5, 0.6) is 0 Å². The van der Waals surface area contributed by atoms with Crippen molar-refractivity contribution in [3.63, 3.8) is 0 Å². The fourth-order valence-electron chi connectivity index (χ4n) is 3.53. The number of nitrogens with one attached hydrogen (secondary N) is 1. The van der Waals surface area contributed by atoms with E-state index in [1.54, 1.807) is 0 Å². The van der Waals surface area contributed by atoms with Gasteiger partial charge in [0, 0.05) is 35.9 Å². The monoisotopic (exact) mass is 399 g/mol. The molecule has 140 valence electrons. The highest BCUT2D eigenvalue weighted by atomic mass is 32.2. The first-order chi connectivity index (χ1) is 13.0. The normalized spacial score (nSPS) is 19.0. The molecular weight excluding hydrogens is 378 g/mol. The van der Waals surface area contributed by atoms with Crippen LogP contribution in [0.2, 0.25) is 0 Å². The Morgan fingerprint density at radius 1 is 1.15 bits per heavy atom. The van der Waals surface area contributed by atoms with Crippen LogP contribution < -0.4 is 10.2 Å². The second-order valence-electron chi connectivity index (χ2n) is 6.63. The molecule has 3 heterocycles. The lowest BCUT2D eigenvalue weighted by atomic mass is 10.2. The van der Waals surface area contributed by atoms with Crippen molar-refractivity contribution in [3.05, 3.63) is 52.2 Å². The summed E-state index contributed by atoms with van der Waals surface area (Å²) < 4.78 is 8.15. The van der Waals surface area contributed by atoms with Crippen molar-refractivity contribution < 1.29 is 9.53 Å². The van der Waals surface area contributed by atoms with Crippen molar-refractivity contribution in [2.75, 3.05) is 31.2 Å². The van der Waals surface area contributed by atoms with Crippen LogP contribution in [-0.2, 0) is 9.53 Å². The van der Waals surface area contributed by atoms with Crippen molar-refractivity contribution in [3.8, 4) is 5.69 Å². The number of morpholine rings is 1. The fraction of sp³-hybridized carbons (Fsp3) is 0.300. The average molecular weight is 400 g/mol. The topological polar surface area (TPSA) is 46.5 Å². The maximum Gasteiger partial charge on any atom is 0.263 e. The lowest BCUT2D eigenvalue weighted by Crippen LogP contribution is -2.36. The zero-order chi connectivity index (χ0) is 19.0. The van der Waals surface area contributed by atoms with E-state index in [2.05, 4.69) is 59.0 Å². The molecule has 0 unspecified atom stereocenters. The van der Waals surface area contributed by atoms with Crippen LogP contribution >= 0.6 is 24.0 Å². The van der Waals surface area contributed by atoms with Crippen molar-refractivity contribution in [2.24, 2.45) is 0 Å². The van der Waals surface area contributed by atoms with Crippen LogP contribution in [0.3, 0.4) is 0 Å². The first-order valence-electron chi connectivity index (χ1n) is 8.90. The predicted molar refractivity (Wildman–Crippen MR) is 115 cm³/mol. The number of anilines is 1. The van der Waals surface area contributed by atoms with Gasteiger partial charge in [-0.25, -0.2) is 0 Å². The van der Waals surface area contributed by atoms with E-state index in [0.29, 0.717) is 9.23 Å². The Morgan fingerprint density at radius 2 is 1.81 bits per heavy atom. The smallest absolute Gasteiger partial charge is 0.263 e. The van der Waals surface area contributed by atoms with Gasteiger partial charge in [0.25, 0.3) is 5.91 Å². The summed E-state index contributed by atoms with van der Waals surface area (Å²) in [7, 11) is 0. The Balaban J connectivity index is 1.62. The van der Waals surface area contributed by atoms with Crippen LogP contribution in [0, 0.1) is 13.8 Å². The number of rotatable bonds is 3. The summed E-state index contributed by atoms with van der Waals surface area (Å²) in [5, 5.41) is 2.66. The van der Waals surface area contributed by atoms with E-state index in [9.17, 15) is 4.79 Å². The molecule has 2 aromatic rings. The van der Waals surface area contributed by atoms with Gasteiger partial charge >= 0.3 is 0 Å². The predicted octanol–water partition coefficient (Wildman–Crippen LogP) is 3.42. The number of hydrogen-bond acceptors (Lipinski definition) is 5. The molecular formula is C20H21N3O2S2. The largest absolute Gasteiger partial charge is 0.378 e. The van der Waals surface area contributed by atoms with Crippen molar-refractivity contribution in [2.45, 2.75) is 13.8 Å². The molecule has 0 bridgehead atoms. The molecule has 1 N–H and O–H groups in total. The standard InChI is InChI=1S/C20H21N3O2S2/c1-13-11-15(12-18-19(24)21-20(26)27-18)14(2)23(13)17-5-3-16(4-6-17)22-7-9-25-10-8-22/h3-6,11-12H,7-10H2,1-2H3,(H,21,24,26)/b18-12-. The third-order valence-electron chi connectivity index (χ3n) is 4.88. The fourth-order valence-corrected chi connectivity index (χ4v) is 4.56. The molecule has 2 fully saturated rings. The highest BCUT2D eigenvalue weighted by Crippen LogP contribution is 2.29. The minimum Gasteiger partial charge on any atom is -0.378 e. The minimum absolute atomic E-state index is 0.121. The lowest BCUT2D eigenvalue weighted by Gasteiger charge is -2.29. The van der Waals surface area contributed by atoms with Crippen molar-refractivity contribution in [1.82, 2.24) is 9.88 Å². The third-order valence-corrected chi connectivity index (χ3v) is 6.05. The van der Waals surface area contributed by atoms with Crippen LogP contribution in [0.15, 0.2) is 35.2 Å². The summed E-state index contributed by atoms with van der Waals surface area (Å²) in [6, 6.07) is 10.7. The summed E-state index contributed by atoms with van der Waals surface area (Å²) in [6.07, 6.45) is 1.92. The van der Waals surface area contributed by atoms with Gasteiger partial charge in [-0.2, -0.15) is 0 Å². The number of hydrogen-bond donors (Lipinski definition) is 1. The number of thiocarbonyl (C=S) groups is 1. The number of carbonyl (C=O) groups excluding carboxylic acids is 1. The maximum atomic E-state index is 11.9. The van der Waals surface area contributed by atoms with E-state index >= 15 is 0 Å². The van der Waals surface area contributed by atoms with E-state index in [0.717, 1.165) is 48.9 Å². The van der Waals surface area contributed by atoms with E-state index in [4.69, 9.17) is 17.0 Å². The molecule has 5 nitrogen and oxygen atoms in total. The quantitative estimate of drug-likeness (QED) is 0.633. The number of aryl methyl sites for hydroxylation is 1. The minimum atomic E-state index is -0.121. The Bertz CT molecular complexity index is 925. The van der Waals surface area contributed by atoms with E-state index in [1.807, 2.05) is 6.08 Å². The Labute approximate surface area is 168 Å². The molecule has 7 heteroatoms. The van der Waals surface area contributed by atoms with Crippen LogP contribution in [0.1, 0.15) is 17.0 Å². The average Bonchev–Trinajstić information content (AvgIpc) is 3.13. The summed E-state index contributed by atoms with van der Waals surface area (Å²) in [4.78, 5) is 14.9. The Morgan fingerprint density at radius 3 is 2.44 bits per heavy atom. The van der Waals surface area contributed by atoms with Crippen molar-refractivity contribution >= 4 is 46.0 Å². The molecule has 0 atom stereocenters. The zero-order valence-electron chi connectivity index (χ0n) is 15.3. The van der Waals surface area contributed by atoms with Crippen LogP contribution in [-0.4, -0.2) is 41.1 Å². The number of ether oxygens (including phenoxy) is 1. The van der Waals surface area contributed by atoms with Gasteiger partial charge in [0.05, 0.1) is 18.1 Å². The number of carbonyl (C=O) groups is 1. The second-order valence-corrected chi connectivity index (χ2v) is 8.35. The molecule has 2 aliphatic heterocycles. The first kappa shape index (κ1) is 18.3. The molecule has 1 aromatic carbocycles. The number of amides is 1. The van der Waals surface area contributed by atoms with Gasteiger partial charge in [0.2, 0.25) is 0 Å². The summed E-state index contributed by atoms with van der Waals surface area (Å²) in [5.74, 6) is -0.121. The first-order valence-corrected chi connectivity index (χ1v) is 10.1. The molecule has 2 aliphatic rings. The van der Waals surface area contributed by atoms with Crippen molar-refractivity contribution in [1.29, 1.82) is 0 Å². The van der Waals surface area contributed by atoms with Crippen LogP contribution in [0.25, 0.3) is 11.8 Å². The number of aromatic nitrogens is 1. The molecule has 27 heavy (non-hydrogen) atoms. The van der Waals surface area contributed by atoms with Crippen LogP contribution in [0.4, 0.5) is 5.69 Å². The van der Waals surface area contributed by atoms with Gasteiger partial charge in [-0.05, 0) is 55.8 Å². The molecule has 0 aliphatic carbocycles. The van der Waals surface area contributed by atoms with Gasteiger partial charge in [-0.1, -0.05) is 24.0 Å². The zero-order valence-corrected chi connectivity index (χ0v) is 17.0. The highest BCUT2D eigenvalue weighted by molar-refractivity contribution is 8.26. The Hall–Kier alpha value is -2.09. The molecule has 4 rings (SSSR count). The molecule has 2 saturated heterocycles. The summed E-state index contributed by atoms with van der Waals surface area (Å²) in [6.45, 7) is 7.58. The lowest BCUT2D eigenvalue weighted by molar-refractivity contribution is -0.115. The third kappa shape index (κ3) is 3.67. The Kier molecular flexibility index (Phi) is 5.08. The molecule has 1 aromatic heterocycles. The van der Waals surface area contributed by atoms with E-state index in [-0.39, 0.29) is 5.91 Å². The summed E-state index contributed by atoms with van der Waals surface area (Å²) in [5.41, 5.74) is 5.60. The van der Waals surface area contributed by atoms with E-state index in [1.165, 1.54) is 17.4 Å². The van der Waals surface area contributed by atoms with Gasteiger partial charge < -0.3 is 19.5 Å². The highest BCUT2D eigenvalue weighted by Gasteiger charge is 2.23. The number of benzene rings is 1. The summed E-state index contributed by atoms with van der Waals surface area (Å²) >= 11 is 6.38. The molecule has 0 spiro atoms. The number of nitrogens with zero attached hydrogens (tertiary/aromatic N) is 2. The second kappa shape index (κ2) is 7.50. The molecule has 1 amide bonds. The molecule has 0 saturated carbocycles. The van der Waals surface area contributed by atoms with Gasteiger partial charge in [0.15, 0.2) is 0 Å². The van der Waals surface area contributed by atoms with E-state index < -0.39 is 0 Å². The molecule has 0 radical (unpaired) electrons.